The van der Waals surface area contributed by atoms with Gasteiger partial charge in [0.05, 0.1) is 11.8 Å². The Morgan fingerprint density at radius 1 is 1.13 bits per heavy atom. The summed E-state index contributed by atoms with van der Waals surface area (Å²) in [6, 6.07) is 8.65. The largest absolute Gasteiger partial charge is 0.443 e. The lowest BCUT2D eigenvalue weighted by Crippen LogP contribution is -2.44. The van der Waals surface area contributed by atoms with Crippen LogP contribution < -0.4 is 16.3 Å². The van der Waals surface area contributed by atoms with Crippen LogP contribution in [-0.4, -0.2) is 41.8 Å². The number of carbonyl (C=O) groups is 2. The van der Waals surface area contributed by atoms with Gasteiger partial charge in [-0.25, -0.2) is 15.2 Å². The zero-order chi connectivity index (χ0) is 22.4. The van der Waals surface area contributed by atoms with Gasteiger partial charge in [0.25, 0.3) is 16.0 Å². The molecule has 11 nitrogen and oxygen atoms in total. The van der Waals surface area contributed by atoms with Crippen LogP contribution in [0.3, 0.4) is 0 Å². The van der Waals surface area contributed by atoms with Gasteiger partial charge in [0.15, 0.2) is 0 Å². The lowest BCUT2D eigenvalue weighted by Gasteiger charge is -2.19. The molecule has 0 atom stereocenters. The number of nitrogens with zero attached hydrogens (tertiary/aromatic N) is 2. The first kappa shape index (κ1) is 22.8. The number of pyridine rings is 1. The van der Waals surface area contributed by atoms with Crippen molar-refractivity contribution in [2.75, 3.05) is 5.43 Å². The van der Waals surface area contributed by atoms with Crippen molar-refractivity contribution >= 4 is 34.2 Å². The lowest BCUT2D eigenvalue weighted by atomic mass is 10.2. The number of aromatic nitrogens is 1. The predicted octanol–water partition coefficient (Wildman–Crippen LogP) is 1.94. The first-order chi connectivity index (χ1) is 14.0. The van der Waals surface area contributed by atoms with Gasteiger partial charge in [0.1, 0.15) is 16.3 Å². The Kier molecular flexibility index (Phi) is 7.08. The van der Waals surface area contributed by atoms with Crippen LogP contribution in [0.2, 0.25) is 0 Å². The van der Waals surface area contributed by atoms with Crippen molar-refractivity contribution in [1.29, 1.82) is 0 Å². The van der Waals surface area contributed by atoms with Crippen molar-refractivity contribution in [2.24, 2.45) is 5.10 Å². The molecule has 1 aromatic carbocycles. The van der Waals surface area contributed by atoms with Gasteiger partial charge in [-0.1, -0.05) is 18.2 Å². The van der Waals surface area contributed by atoms with E-state index in [1.807, 2.05) is 0 Å². The van der Waals surface area contributed by atoms with Gasteiger partial charge in [-0.15, -0.1) is 0 Å². The molecule has 1 heterocycles. The quantitative estimate of drug-likeness (QED) is 0.315. The Morgan fingerprint density at radius 2 is 1.83 bits per heavy atom. The van der Waals surface area contributed by atoms with Crippen LogP contribution in [-0.2, 0) is 14.9 Å². The number of benzene rings is 1. The normalized spacial score (nSPS) is 11.7. The molecule has 0 saturated heterocycles. The Morgan fingerprint density at radius 3 is 2.43 bits per heavy atom. The highest BCUT2D eigenvalue weighted by molar-refractivity contribution is 7.86. The van der Waals surface area contributed by atoms with Crippen molar-refractivity contribution in [2.45, 2.75) is 31.3 Å². The number of hydrogen-bond acceptors (Lipinski definition) is 8. The maximum absolute atomic E-state index is 12.0. The number of ether oxygens (including phenoxy) is 1. The molecule has 0 spiro atoms. The van der Waals surface area contributed by atoms with Crippen LogP contribution >= 0.6 is 0 Å². The summed E-state index contributed by atoms with van der Waals surface area (Å²) >= 11 is 0. The molecule has 1 aromatic heterocycles. The summed E-state index contributed by atoms with van der Waals surface area (Å²) in [6.07, 6.45) is 1.65. The number of hydrazine groups is 1. The van der Waals surface area contributed by atoms with Crippen molar-refractivity contribution in [3.8, 4) is 0 Å². The van der Waals surface area contributed by atoms with Crippen molar-refractivity contribution in [3.05, 3.63) is 53.7 Å². The molecule has 30 heavy (non-hydrogen) atoms. The zero-order valence-electron chi connectivity index (χ0n) is 16.4. The van der Waals surface area contributed by atoms with Crippen LogP contribution in [0.4, 0.5) is 10.6 Å². The highest BCUT2D eigenvalue weighted by atomic mass is 32.2. The monoisotopic (exact) mass is 435 g/mol. The highest BCUT2D eigenvalue weighted by Crippen LogP contribution is 2.13. The number of nitrogens with one attached hydrogen (secondary N) is 3. The van der Waals surface area contributed by atoms with E-state index in [9.17, 15) is 22.6 Å². The molecule has 0 aliphatic heterocycles. The molecule has 0 fully saturated rings. The van der Waals surface area contributed by atoms with E-state index < -0.39 is 27.7 Å². The predicted molar refractivity (Wildman–Crippen MR) is 109 cm³/mol. The minimum Gasteiger partial charge on any atom is -0.443 e. The van der Waals surface area contributed by atoms with E-state index >= 15 is 0 Å². The third-order valence-electron chi connectivity index (χ3n) is 3.28. The molecular weight excluding hydrogens is 414 g/mol. The Labute approximate surface area is 173 Å². The fourth-order valence-corrected chi connectivity index (χ4v) is 2.74. The summed E-state index contributed by atoms with van der Waals surface area (Å²) in [5.74, 6) is -0.335. The number of carbonyl (C=O) groups excluding carboxylic acids is 2. The summed E-state index contributed by atoms with van der Waals surface area (Å²) in [7, 11) is -4.38. The SMILES string of the molecule is CC(C)(C)OC(=O)NNC(=O)c1ccc(N/N=C/c2ccccc2S(=O)(=O)O)nc1. The maximum atomic E-state index is 12.0. The van der Waals surface area contributed by atoms with Gasteiger partial charge in [0.2, 0.25) is 0 Å². The summed E-state index contributed by atoms with van der Waals surface area (Å²) in [5, 5.41) is 3.87. The number of hydrazone groups is 1. The van der Waals surface area contributed by atoms with E-state index in [1.54, 1.807) is 26.8 Å². The molecule has 4 N–H and O–H groups in total. The lowest BCUT2D eigenvalue weighted by molar-refractivity contribution is 0.0483. The Hall–Kier alpha value is -3.51. The topological polar surface area (TPSA) is 159 Å². The second-order valence-corrected chi connectivity index (χ2v) is 8.29. The minimum absolute atomic E-state index is 0.164. The first-order valence-corrected chi connectivity index (χ1v) is 10.0. The molecule has 12 heteroatoms. The average Bonchev–Trinajstić information content (AvgIpc) is 2.65. The van der Waals surface area contributed by atoms with E-state index in [0.717, 1.165) is 0 Å². The Bertz CT molecular complexity index is 1050. The molecule has 2 aromatic rings. The number of amides is 2. The number of rotatable bonds is 5. The van der Waals surface area contributed by atoms with Crippen LogP contribution in [0.1, 0.15) is 36.7 Å². The van der Waals surface area contributed by atoms with Gasteiger partial charge in [-0.3, -0.25) is 20.2 Å². The molecule has 0 saturated carbocycles. The second kappa shape index (κ2) is 9.33. The van der Waals surface area contributed by atoms with Crippen molar-refractivity contribution in [1.82, 2.24) is 15.8 Å². The second-order valence-electron chi connectivity index (χ2n) is 6.90. The van der Waals surface area contributed by atoms with Gasteiger partial charge in [-0.05, 0) is 39.0 Å². The van der Waals surface area contributed by atoms with E-state index in [-0.39, 0.29) is 21.8 Å². The molecule has 0 aliphatic carbocycles. The van der Waals surface area contributed by atoms with Gasteiger partial charge < -0.3 is 4.74 Å². The maximum Gasteiger partial charge on any atom is 0.426 e. The fraction of sp³-hybridized carbons (Fsp3) is 0.222. The molecular formula is C18H21N5O6S. The van der Waals surface area contributed by atoms with Gasteiger partial charge in [-0.2, -0.15) is 13.5 Å². The summed E-state index contributed by atoms with van der Waals surface area (Å²) in [5.41, 5.74) is 6.53. The molecule has 2 rings (SSSR count). The number of anilines is 1. The van der Waals surface area contributed by atoms with E-state index in [2.05, 4.69) is 26.4 Å². The first-order valence-electron chi connectivity index (χ1n) is 8.57. The van der Waals surface area contributed by atoms with Crippen LogP contribution in [0, 0.1) is 0 Å². The third kappa shape index (κ3) is 7.14. The fourth-order valence-electron chi connectivity index (χ4n) is 2.07. The van der Waals surface area contributed by atoms with Crippen molar-refractivity contribution < 1.29 is 27.3 Å². The van der Waals surface area contributed by atoms with Crippen molar-refractivity contribution in [3.63, 3.8) is 0 Å². The minimum atomic E-state index is -4.38. The molecule has 0 aliphatic rings. The van der Waals surface area contributed by atoms with Gasteiger partial charge >= 0.3 is 6.09 Å². The van der Waals surface area contributed by atoms with Crippen LogP contribution in [0.5, 0.6) is 0 Å². The van der Waals surface area contributed by atoms with E-state index in [0.29, 0.717) is 0 Å². The highest BCUT2D eigenvalue weighted by Gasteiger charge is 2.17. The standard InChI is InChI=1S/C18H21N5O6S/c1-18(2,3)29-17(25)23-22-16(24)13-8-9-15(19-10-13)21-20-11-12-6-4-5-7-14(12)30(26,27)28/h4-11H,1-3H3,(H,19,21)(H,22,24)(H,23,25)(H,26,27,28)/b20-11+. The van der Waals surface area contributed by atoms with Crippen LogP contribution in [0.15, 0.2) is 52.6 Å². The molecule has 160 valence electrons. The number of hydrogen-bond donors (Lipinski definition) is 4. The molecule has 0 radical (unpaired) electrons. The van der Waals surface area contributed by atoms with E-state index in [1.165, 1.54) is 42.7 Å². The van der Waals surface area contributed by atoms with E-state index in [4.69, 9.17) is 4.74 Å². The van der Waals surface area contributed by atoms with Crippen LogP contribution in [0.25, 0.3) is 0 Å². The zero-order valence-corrected chi connectivity index (χ0v) is 17.2. The average molecular weight is 435 g/mol. The van der Waals surface area contributed by atoms with Gasteiger partial charge in [0, 0.05) is 11.8 Å². The summed E-state index contributed by atoms with van der Waals surface area (Å²) in [6.45, 7) is 5.07. The molecule has 0 unspecified atom stereocenters. The summed E-state index contributed by atoms with van der Waals surface area (Å²) < 4.78 is 36.9. The third-order valence-corrected chi connectivity index (χ3v) is 4.21. The molecule has 2 amide bonds. The Balaban J connectivity index is 1.95. The molecule has 0 bridgehead atoms. The smallest absolute Gasteiger partial charge is 0.426 e. The summed E-state index contributed by atoms with van der Waals surface area (Å²) in [4.78, 5) is 27.2.